The number of rotatable bonds is 16. The molecular weight excluding hydrogens is 344 g/mol. The molecule has 0 aromatic heterocycles. The highest BCUT2D eigenvalue weighted by molar-refractivity contribution is 5.72. The normalized spacial score (nSPS) is 15.6. The Labute approximate surface area is 166 Å². The van der Waals surface area contributed by atoms with E-state index in [9.17, 15) is 9.59 Å². The second kappa shape index (κ2) is 15.9. The van der Waals surface area contributed by atoms with Crippen LogP contribution in [-0.2, 0) is 23.8 Å². The monoisotopic (exact) mass is 386 g/mol. The molecule has 0 amide bonds. The fourth-order valence-electron chi connectivity index (χ4n) is 2.94. The van der Waals surface area contributed by atoms with E-state index in [0.717, 1.165) is 51.4 Å². The van der Waals surface area contributed by atoms with Gasteiger partial charge in [0.1, 0.15) is 12.2 Å². The van der Waals surface area contributed by atoms with Crippen LogP contribution in [0, 0.1) is 11.8 Å². The summed E-state index contributed by atoms with van der Waals surface area (Å²) in [5.41, 5.74) is 0. The SMILES string of the molecule is CCCCC(CC)C(=O)OC(C)COCC(C)OC(=O)C(CC)CCCC. The van der Waals surface area contributed by atoms with Gasteiger partial charge in [0.25, 0.3) is 0 Å². The van der Waals surface area contributed by atoms with Crippen LogP contribution in [0.1, 0.15) is 92.9 Å². The highest BCUT2D eigenvalue weighted by atomic mass is 16.6. The molecule has 0 spiro atoms. The first-order valence-electron chi connectivity index (χ1n) is 10.9. The zero-order valence-electron chi connectivity index (χ0n) is 18.4. The molecule has 5 heteroatoms. The zero-order valence-corrected chi connectivity index (χ0v) is 18.4. The van der Waals surface area contributed by atoms with Gasteiger partial charge in [-0.3, -0.25) is 9.59 Å². The van der Waals surface area contributed by atoms with Gasteiger partial charge in [0.05, 0.1) is 25.0 Å². The summed E-state index contributed by atoms with van der Waals surface area (Å²) in [6.45, 7) is 12.6. The lowest BCUT2D eigenvalue weighted by molar-refractivity contribution is -0.160. The number of carbonyl (C=O) groups is 2. The summed E-state index contributed by atoms with van der Waals surface area (Å²) >= 11 is 0. The maximum Gasteiger partial charge on any atom is 0.309 e. The van der Waals surface area contributed by atoms with Crippen LogP contribution in [0.2, 0.25) is 0 Å². The number of esters is 2. The fourth-order valence-corrected chi connectivity index (χ4v) is 2.94. The van der Waals surface area contributed by atoms with Crippen LogP contribution < -0.4 is 0 Å². The average Bonchev–Trinajstić information content (AvgIpc) is 2.62. The highest BCUT2D eigenvalue weighted by Crippen LogP contribution is 2.16. The first-order valence-corrected chi connectivity index (χ1v) is 10.9. The molecular formula is C22H42O5. The Kier molecular flexibility index (Phi) is 15.3. The van der Waals surface area contributed by atoms with Crippen LogP contribution in [0.15, 0.2) is 0 Å². The van der Waals surface area contributed by atoms with Crippen LogP contribution >= 0.6 is 0 Å². The van der Waals surface area contributed by atoms with Crippen molar-refractivity contribution < 1.29 is 23.8 Å². The number of hydrogen-bond acceptors (Lipinski definition) is 5. The van der Waals surface area contributed by atoms with Gasteiger partial charge >= 0.3 is 11.9 Å². The van der Waals surface area contributed by atoms with Crippen LogP contribution in [0.25, 0.3) is 0 Å². The predicted molar refractivity (Wildman–Crippen MR) is 109 cm³/mol. The van der Waals surface area contributed by atoms with Crippen molar-refractivity contribution in [3.8, 4) is 0 Å². The Hall–Kier alpha value is -1.10. The molecule has 0 saturated carbocycles. The maximum atomic E-state index is 12.2. The Morgan fingerprint density at radius 1 is 0.704 bits per heavy atom. The molecule has 0 aliphatic heterocycles. The van der Waals surface area contributed by atoms with Gasteiger partial charge in [-0.25, -0.2) is 0 Å². The standard InChI is InChI=1S/C22H42O5/c1-7-11-13-19(9-3)21(23)26-17(5)15-25-16-18(6)27-22(24)20(10-4)14-12-8-2/h17-20H,7-16H2,1-6H3. The summed E-state index contributed by atoms with van der Waals surface area (Å²) in [6, 6.07) is 0. The van der Waals surface area contributed by atoms with Gasteiger partial charge < -0.3 is 14.2 Å². The number of carbonyl (C=O) groups excluding carboxylic acids is 2. The van der Waals surface area contributed by atoms with Crippen molar-refractivity contribution in [3.05, 3.63) is 0 Å². The summed E-state index contributed by atoms with van der Waals surface area (Å²) in [5.74, 6) is -0.325. The van der Waals surface area contributed by atoms with E-state index in [4.69, 9.17) is 14.2 Å². The third kappa shape index (κ3) is 12.1. The van der Waals surface area contributed by atoms with E-state index in [1.807, 2.05) is 27.7 Å². The summed E-state index contributed by atoms with van der Waals surface area (Å²) in [6.07, 6.45) is 7.00. The van der Waals surface area contributed by atoms with Crippen molar-refractivity contribution in [2.75, 3.05) is 13.2 Å². The van der Waals surface area contributed by atoms with Crippen molar-refractivity contribution >= 4 is 11.9 Å². The third-order valence-corrected chi connectivity index (χ3v) is 4.80. The van der Waals surface area contributed by atoms with E-state index in [-0.39, 0.29) is 36.0 Å². The molecule has 0 aromatic rings. The summed E-state index contributed by atoms with van der Waals surface area (Å²) in [7, 11) is 0. The van der Waals surface area contributed by atoms with Crippen LogP contribution in [0.4, 0.5) is 0 Å². The van der Waals surface area contributed by atoms with Crippen LogP contribution in [0.5, 0.6) is 0 Å². The fraction of sp³-hybridized carbons (Fsp3) is 0.909. The molecule has 27 heavy (non-hydrogen) atoms. The molecule has 0 aliphatic carbocycles. The average molecular weight is 387 g/mol. The Balaban J connectivity index is 4.12. The molecule has 5 nitrogen and oxygen atoms in total. The first-order chi connectivity index (χ1) is 12.9. The lowest BCUT2D eigenvalue weighted by atomic mass is 10.00. The van der Waals surface area contributed by atoms with Crippen molar-refractivity contribution in [2.24, 2.45) is 11.8 Å². The van der Waals surface area contributed by atoms with Gasteiger partial charge in [0.2, 0.25) is 0 Å². The molecule has 0 aromatic carbocycles. The van der Waals surface area contributed by atoms with Gasteiger partial charge in [0, 0.05) is 0 Å². The van der Waals surface area contributed by atoms with Gasteiger partial charge in [-0.05, 0) is 39.5 Å². The Morgan fingerprint density at radius 3 is 1.37 bits per heavy atom. The molecule has 4 unspecified atom stereocenters. The maximum absolute atomic E-state index is 12.2. The third-order valence-electron chi connectivity index (χ3n) is 4.80. The number of hydrogen-bond donors (Lipinski definition) is 0. The quantitative estimate of drug-likeness (QED) is 0.337. The molecule has 0 rings (SSSR count). The second-order valence-corrected chi connectivity index (χ2v) is 7.53. The summed E-state index contributed by atoms with van der Waals surface area (Å²) < 4.78 is 16.6. The molecule has 0 N–H and O–H groups in total. The van der Waals surface area contributed by atoms with Crippen molar-refractivity contribution in [2.45, 2.75) is 105 Å². The molecule has 0 saturated heterocycles. The van der Waals surface area contributed by atoms with Crippen molar-refractivity contribution in [3.63, 3.8) is 0 Å². The Morgan fingerprint density at radius 2 is 1.07 bits per heavy atom. The molecule has 4 atom stereocenters. The molecule has 0 aliphatic rings. The largest absolute Gasteiger partial charge is 0.460 e. The minimum atomic E-state index is -0.302. The Bertz CT molecular complexity index is 360. The van der Waals surface area contributed by atoms with E-state index in [1.54, 1.807) is 0 Å². The van der Waals surface area contributed by atoms with E-state index in [1.165, 1.54) is 0 Å². The summed E-state index contributed by atoms with van der Waals surface area (Å²) in [4.78, 5) is 24.4. The topological polar surface area (TPSA) is 61.8 Å². The van der Waals surface area contributed by atoms with Crippen molar-refractivity contribution in [1.82, 2.24) is 0 Å². The van der Waals surface area contributed by atoms with E-state index < -0.39 is 0 Å². The minimum Gasteiger partial charge on any atom is -0.460 e. The van der Waals surface area contributed by atoms with Crippen LogP contribution in [0.3, 0.4) is 0 Å². The van der Waals surface area contributed by atoms with E-state index >= 15 is 0 Å². The molecule has 0 fully saturated rings. The van der Waals surface area contributed by atoms with Gasteiger partial charge in [-0.1, -0.05) is 53.4 Å². The van der Waals surface area contributed by atoms with Crippen molar-refractivity contribution in [1.29, 1.82) is 0 Å². The van der Waals surface area contributed by atoms with E-state index in [0.29, 0.717) is 13.2 Å². The molecule has 0 radical (unpaired) electrons. The molecule has 160 valence electrons. The highest BCUT2D eigenvalue weighted by Gasteiger charge is 2.21. The zero-order chi connectivity index (χ0) is 20.7. The van der Waals surface area contributed by atoms with E-state index in [2.05, 4.69) is 13.8 Å². The number of unbranched alkanes of at least 4 members (excludes halogenated alkanes) is 2. The number of ether oxygens (including phenoxy) is 3. The lowest BCUT2D eigenvalue weighted by Gasteiger charge is -2.21. The second-order valence-electron chi connectivity index (χ2n) is 7.53. The molecule has 0 bridgehead atoms. The predicted octanol–water partition coefficient (Wildman–Crippen LogP) is 5.30. The summed E-state index contributed by atoms with van der Waals surface area (Å²) in [5, 5.41) is 0. The smallest absolute Gasteiger partial charge is 0.309 e. The molecule has 0 heterocycles. The van der Waals surface area contributed by atoms with Gasteiger partial charge in [0.15, 0.2) is 0 Å². The van der Waals surface area contributed by atoms with Gasteiger partial charge in [-0.2, -0.15) is 0 Å². The van der Waals surface area contributed by atoms with Gasteiger partial charge in [-0.15, -0.1) is 0 Å². The minimum absolute atomic E-state index is 0.0265. The first kappa shape index (κ1) is 25.9. The lowest BCUT2D eigenvalue weighted by Crippen LogP contribution is -2.29. The van der Waals surface area contributed by atoms with Crippen LogP contribution in [-0.4, -0.2) is 37.4 Å².